The summed E-state index contributed by atoms with van der Waals surface area (Å²) in [5, 5.41) is 0. The lowest BCUT2D eigenvalue weighted by Gasteiger charge is -1.73. The molecule has 29 valence electrons. The van der Waals surface area contributed by atoms with Crippen LogP contribution in [0.15, 0.2) is 0 Å². The first-order chi connectivity index (χ1) is 2.41. The summed E-state index contributed by atoms with van der Waals surface area (Å²) in [7, 11) is 6.41. The maximum atomic E-state index is 5.16. The Labute approximate surface area is 41.9 Å². The molecule has 1 radical (unpaired) electrons. The molecule has 3 heteroatoms. The summed E-state index contributed by atoms with van der Waals surface area (Å²) < 4.78 is 0. The summed E-state index contributed by atoms with van der Waals surface area (Å²) in [6.45, 7) is 3.98. The van der Waals surface area contributed by atoms with Crippen molar-refractivity contribution < 1.29 is 0 Å². The van der Waals surface area contributed by atoms with Gasteiger partial charge in [0.1, 0.15) is 0 Å². The van der Waals surface area contributed by atoms with Gasteiger partial charge in [-0.15, -0.1) is 10.8 Å². The Morgan fingerprint density at radius 2 is 2.60 bits per heavy atom. The third kappa shape index (κ3) is 4.70. The highest BCUT2D eigenvalue weighted by Gasteiger charge is 1.76. The van der Waals surface area contributed by atoms with Crippen molar-refractivity contribution in [2.24, 2.45) is 0 Å². The van der Waals surface area contributed by atoms with Crippen LogP contribution in [0.3, 0.4) is 0 Å². The van der Waals surface area contributed by atoms with Crippen LogP contribution in [-0.2, 0) is 0 Å². The van der Waals surface area contributed by atoms with Gasteiger partial charge in [0, 0.05) is 0 Å². The first kappa shape index (κ1) is 5.70. The van der Waals surface area contributed by atoms with Gasteiger partial charge in [0.15, 0.2) is 0 Å². The van der Waals surface area contributed by atoms with E-state index in [4.69, 9.17) is 10.7 Å². The maximum absolute atomic E-state index is 5.16. The molecule has 0 aromatic carbocycles. The van der Waals surface area contributed by atoms with Gasteiger partial charge in [0.05, 0.1) is 0 Å². The molecular weight excluding hydrogens is 102 g/mol. The van der Waals surface area contributed by atoms with Gasteiger partial charge in [0.25, 0.3) is 0 Å². The van der Waals surface area contributed by atoms with E-state index in [0.29, 0.717) is 0 Å². The van der Waals surface area contributed by atoms with E-state index >= 15 is 0 Å². The molecule has 0 aliphatic heterocycles. The Morgan fingerprint density at radius 3 is 2.60 bits per heavy atom. The first-order valence-corrected chi connectivity index (χ1v) is 3.21. The molecular formula is C2H5BClS. The molecule has 0 fully saturated rings. The van der Waals surface area contributed by atoms with Crippen LogP contribution in [0.25, 0.3) is 0 Å². The molecule has 0 heterocycles. The van der Waals surface area contributed by atoms with Crippen LogP contribution in [0.2, 0.25) is 6.32 Å². The number of halogens is 1. The van der Waals surface area contributed by atoms with E-state index in [9.17, 15) is 0 Å². The minimum Gasteiger partial charge on any atom is -0.117 e. The van der Waals surface area contributed by atoms with Crippen LogP contribution in [0.5, 0.6) is 0 Å². The van der Waals surface area contributed by atoms with Crippen molar-refractivity contribution in [2.75, 3.05) is 0 Å². The van der Waals surface area contributed by atoms with Crippen LogP contribution < -0.4 is 0 Å². The number of hydrogen-bond acceptors (Lipinski definition) is 1. The normalized spacial score (nSPS) is 7.60. The van der Waals surface area contributed by atoms with Crippen LogP contribution in [0.1, 0.15) is 6.92 Å². The van der Waals surface area contributed by atoms with Crippen molar-refractivity contribution >= 4 is 28.1 Å². The minimum absolute atomic E-state index is 1.05. The molecule has 0 rings (SSSR count). The Morgan fingerprint density at radius 1 is 2.00 bits per heavy atom. The van der Waals surface area contributed by atoms with Gasteiger partial charge in [-0.05, 0) is 0 Å². The lowest BCUT2D eigenvalue weighted by atomic mass is 10.1. The predicted octanol–water partition coefficient (Wildman–Crippen LogP) is 1.93. The summed E-state index contributed by atoms with van der Waals surface area (Å²) in [5.74, 6) is 0. The predicted molar refractivity (Wildman–Crippen MR) is 29.7 cm³/mol. The van der Waals surface area contributed by atoms with E-state index in [1.165, 1.54) is 10.8 Å². The Balaban J connectivity index is 2.19. The third-order valence-corrected chi connectivity index (χ3v) is 1.07. The molecule has 0 spiro atoms. The molecule has 0 saturated heterocycles. The van der Waals surface area contributed by atoms with Crippen LogP contribution >= 0.6 is 21.5 Å². The molecule has 0 aromatic rings. The molecule has 0 nitrogen and oxygen atoms in total. The van der Waals surface area contributed by atoms with Crippen molar-refractivity contribution in [1.29, 1.82) is 0 Å². The molecule has 0 atom stereocenters. The molecule has 0 unspecified atom stereocenters. The second-order valence-corrected chi connectivity index (χ2v) is 1.71. The zero-order valence-corrected chi connectivity index (χ0v) is 4.64. The molecule has 0 amide bonds. The third-order valence-electron chi connectivity index (χ3n) is 0.230. The fraction of sp³-hybridized carbons (Fsp3) is 1.00. The van der Waals surface area contributed by atoms with E-state index in [1.54, 1.807) is 0 Å². The average Bonchev–Trinajstić information content (AvgIpc) is 1.41. The summed E-state index contributed by atoms with van der Waals surface area (Å²) in [6, 6.07) is 0. The van der Waals surface area contributed by atoms with E-state index in [2.05, 4.69) is 6.92 Å². The number of hydrogen-bond donors (Lipinski definition) is 0. The fourth-order valence-electron chi connectivity index (χ4n) is 0.0630. The molecule has 0 saturated carbocycles. The highest BCUT2D eigenvalue weighted by atomic mass is 35.7. The van der Waals surface area contributed by atoms with Gasteiger partial charge in [0.2, 0.25) is 6.56 Å². The zero-order chi connectivity index (χ0) is 4.12. The highest BCUT2D eigenvalue weighted by molar-refractivity contribution is 8.39. The van der Waals surface area contributed by atoms with Crippen LogP contribution in [0.4, 0.5) is 0 Å². The molecule has 0 bridgehead atoms. The van der Waals surface area contributed by atoms with E-state index in [0.717, 1.165) is 6.32 Å². The largest absolute Gasteiger partial charge is 0.213 e. The molecule has 0 aliphatic rings. The Bertz CT molecular complexity index is 17.1. The Hall–Kier alpha value is 0.705. The summed E-state index contributed by atoms with van der Waals surface area (Å²) in [6.07, 6.45) is 1.05. The smallest absolute Gasteiger partial charge is 0.117 e. The minimum atomic E-state index is 1.05. The van der Waals surface area contributed by atoms with Crippen molar-refractivity contribution in [3.63, 3.8) is 0 Å². The van der Waals surface area contributed by atoms with Gasteiger partial charge < -0.3 is 0 Å². The fourth-order valence-corrected chi connectivity index (χ4v) is 0.567. The lowest BCUT2D eigenvalue weighted by Crippen LogP contribution is -1.66. The topological polar surface area (TPSA) is 0 Å². The monoisotopic (exact) mass is 107 g/mol. The number of rotatable bonds is 2. The van der Waals surface area contributed by atoms with E-state index in [-0.39, 0.29) is 0 Å². The van der Waals surface area contributed by atoms with Gasteiger partial charge in [-0.2, -0.15) is 0 Å². The van der Waals surface area contributed by atoms with Gasteiger partial charge in [-0.3, -0.25) is 0 Å². The summed E-state index contributed by atoms with van der Waals surface area (Å²) >= 11 is 0. The second-order valence-electron chi connectivity index (χ2n) is 0.664. The van der Waals surface area contributed by atoms with Crippen molar-refractivity contribution in [3.05, 3.63) is 0 Å². The van der Waals surface area contributed by atoms with Gasteiger partial charge in [-0.1, -0.05) is 23.9 Å². The maximum Gasteiger partial charge on any atom is 0.213 e. The standard InChI is InChI=1S/C2H5BClS/c1-2-3-5-4/h2H2,1H3. The highest BCUT2D eigenvalue weighted by Crippen LogP contribution is 2.02. The first-order valence-electron chi connectivity index (χ1n) is 1.51. The van der Waals surface area contributed by atoms with Crippen molar-refractivity contribution in [1.82, 2.24) is 0 Å². The van der Waals surface area contributed by atoms with Gasteiger partial charge in [-0.25, -0.2) is 0 Å². The Kier molecular flexibility index (Phi) is 5.37. The summed E-state index contributed by atoms with van der Waals surface area (Å²) in [5.41, 5.74) is 0. The lowest BCUT2D eigenvalue weighted by molar-refractivity contribution is 1.48. The molecule has 0 aliphatic carbocycles. The van der Waals surface area contributed by atoms with Crippen molar-refractivity contribution in [3.8, 4) is 0 Å². The van der Waals surface area contributed by atoms with Crippen LogP contribution in [0, 0.1) is 0 Å². The zero-order valence-electron chi connectivity index (χ0n) is 3.07. The molecule has 0 N–H and O–H groups in total. The van der Waals surface area contributed by atoms with E-state index < -0.39 is 0 Å². The molecule has 0 aromatic heterocycles. The van der Waals surface area contributed by atoms with Gasteiger partial charge >= 0.3 is 0 Å². The van der Waals surface area contributed by atoms with Crippen molar-refractivity contribution in [2.45, 2.75) is 13.2 Å². The summed E-state index contributed by atoms with van der Waals surface area (Å²) in [4.78, 5) is 0. The quantitative estimate of drug-likeness (QED) is 0.486. The SMILES string of the molecule is CC[B]SCl. The van der Waals surface area contributed by atoms with Crippen LogP contribution in [-0.4, -0.2) is 6.56 Å². The average molecular weight is 107 g/mol. The molecule has 5 heavy (non-hydrogen) atoms. The second kappa shape index (κ2) is 4.70. The van der Waals surface area contributed by atoms with E-state index in [1.807, 2.05) is 6.56 Å².